The lowest BCUT2D eigenvalue weighted by Gasteiger charge is -2.13. The molecule has 0 spiro atoms. The summed E-state index contributed by atoms with van der Waals surface area (Å²) in [6.45, 7) is 2.05. The molecule has 3 aromatic rings. The highest BCUT2D eigenvalue weighted by atomic mass is 16.5. The molecule has 0 saturated carbocycles. The first kappa shape index (κ1) is 13.6. The maximum atomic E-state index is 5.56. The number of methoxy groups -OCH3 is 3. The summed E-state index contributed by atoms with van der Waals surface area (Å²) in [5.41, 5.74) is 1.11. The number of ether oxygens (including phenoxy) is 3. The van der Waals surface area contributed by atoms with Crippen LogP contribution in [-0.4, -0.2) is 21.3 Å². The largest absolute Gasteiger partial charge is 0.497 e. The first-order valence-electron chi connectivity index (χ1n) is 6.81. The van der Waals surface area contributed by atoms with Gasteiger partial charge in [0.1, 0.15) is 17.2 Å². The quantitative estimate of drug-likeness (QED) is 0.669. The van der Waals surface area contributed by atoms with E-state index in [1.54, 1.807) is 21.3 Å². The Bertz CT molecular complexity index is 822. The first-order chi connectivity index (χ1) is 10.2. The van der Waals surface area contributed by atoms with Gasteiger partial charge in [-0.2, -0.15) is 0 Å². The van der Waals surface area contributed by atoms with Crippen LogP contribution in [0.15, 0.2) is 36.4 Å². The highest BCUT2D eigenvalue weighted by Crippen LogP contribution is 2.38. The smallest absolute Gasteiger partial charge is 0.131 e. The van der Waals surface area contributed by atoms with Gasteiger partial charge in [0.05, 0.1) is 21.3 Å². The molecular weight excluding hydrogens is 264 g/mol. The fraction of sp³-hybridized carbons (Fsp3) is 0.222. The lowest BCUT2D eigenvalue weighted by atomic mass is 9.98. The minimum atomic E-state index is 0.795. The predicted octanol–water partition coefficient (Wildman–Crippen LogP) is 4.33. The molecule has 0 unspecified atom stereocenters. The van der Waals surface area contributed by atoms with E-state index in [2.05, 4.69) is 24.3 Å². The van der Waals surface area contributed by atoms with Crippen LogP contribution >= 0.6 is 0 Å². The van der Waals surface area contributed by atoms with Crippen molar-refractivity contribution in [1.29, 1.82) is 0 Å². The van der Waals surface area contributed by atoms with E-state index in [9.17, 15) is 0 Å². The molecule has 21 heavy (non-hydrogen) atoms. The van der Waals surface area contributed by atoms with Crippen LogP contribution in [0.5, 0.6) is 17.2 Å². The number of hydrogen-bond donors (Lipinski definition) is 0. The Labute approximate surface area is 124 Å². The molecule has 0 aliphatic heterocycles. The predicted molar refractivity (Wildman–Crippen MR) is 85.8 cm³/mol. The van der Waals surface area contributed by atoms with E-state index < -0.39 is 0 Å². The minimum absolute atomic E-state index is 0.795. The molecule has 3 rings (SSSR count). The molecule has 0 aliphatic rings. The highest BCUT2D eigenvalue weighted by Gasteiger charge is 2.11. The van der Waals surface area contributed by atoms with Crippen LogP contribution in [0, 0.1) is 6.92 Å². The standard InChI is InChI=1S/C18H18O3/c1-11-7-15-12(9-16(11)20-3)5-6-13-8-14(19-2)10-17(21-4)18(13)15/h5-10H,1-4H3. The summed E-state index contributed by atoms with van der Waals surface area (Å²) in [6, 6.07) is 12.3. The summed E-state index contributed by atoms with van der Waals surface area (Å²) >= 11 is 0. The van der Waals surface area contributed by atoms with Gasteiger partial charge in [-0.3, -0.25) is 0 Å². The van der Waals surface area contributed by atoms with Gasteiger partial charge in [-0.1, -0.05) is 12.1 Å². The molecule has 0 aliphatic carbocycles. The monoisotopic (exact) mass is 282 g/mol. The number of fused-ring (bicyclic) bond motifs is 3. The zero-order valence-electron chi connectivity index (χ0n) is 12.7. The van der Waals surface area contributed by atoms with Gasteiger partial charge in [-0.05, 0) is 46.8 Å². The van der Waals surface area contributed by atoms with Gasteiger partial charge in [-0.25, -0.2) is 0 Å². The molecule has 3 aromatic carbocycles. The molecule has 0 fully saturated rings. The van der Waals surface area contributed by atoms with Gasteiger partial charge in [0.2, 0.25) is 0 Å². The van der Waals surface area contributed by atoms with Gasteiger partial charge in [0.15, 0.2) is 0 Å². The second kappa shape index (κ2) is 5.17. The van der Waals surface area contributed by atoms with Crippen molar-refractivity contribution in [2.75, 3.05) is 21.3 Å². The van der Waals surface area contributed by atoms with Crippen molar-refractivity contribution in [3.8, 4) is 17.2 Å². The molecule has 0 heterocycles. The van der Waals surface area contributed by atoms with E-state index in [1.807, 2.05) is 19.1 Å². The summed E-state index contributed by atoms with van der Waals surface area (Å²) in [5.74, 6) is 2.51. The Morgan fingerprint density at radius 1 is 0.714 bits per heavy atom. The Morgan fingerprint density at radius 3 is 2.10 bits per heavy atom. The molecule has 0 radical (unpaired) electrons. The third-order valence-electron chi connectivity index (χ3n) is 3.84. The SMILES string of the molecule is COc1cc(OC)c2c(ccc3cc(OC)c(C)cc32)c1. The molecule has 0 aromatic heterocycles. The van der Waals surface area contributed by atoms with Crippen LogP contribution < -0.4 is 14.2 Å². The molecular formula is C18H18O3. The average molecular weight is 282 g/mol. The Hall–Kier alpha value is -2.42. The lowest BCUT2D eigenvalue weighted by Crippen LogP contribution is -1.91. The summed E-state index contributed by atoms with van der Waals surface area (Å²) in [6.07, 6.45) is 0. The molecule has 108 valence electrons. The van der Waals surface area contributed by atoms with Gasteiger partial charge in [0.25, 0.3) is 0 Å². The molecule has 0 N–H and O–H groups in total. The summed E-state index contributed by atoms with van der Waals surface area (Å²) < 4.78 is 16.3. The molecule has 0 bridgehead atoms. The maximum Gasteiger partial charge on any atom is 0.131 e. The van der Waals surface area contributed by atoms with Crippen LogP contribution in [0.2, 0.25) is 0 Å². The molecule has 3 heteroatoms. The number of benzene rings is 3. The van der Waals surface area contributed by atoms with Gasteiger partial charge in [0, 0.05) is 11.5 Å². The van der Waals surface area contributed by atoms with E-state index in [0.717, 1.165) is 44.4 Å². The van der Waals surface area contributed by atoms with E-state index >= 15 is 0 Å². The second-order valence-electron chi connectivity index (χ2n) is 5.04. The number of hydrogen-bond acceptors (Lipinski definition) is 3. The fourth-order valence-corrected chi connectivity index (χ4v) is 2.77. The lowest BCUT2D eigenvalue weighted by molar-refractivity contribution is 0.398. The van der Waals surface area contributed by atoms with Crippen molar-refractivity contribution in [3.05, 3.63) is 42.0 Å². The Morgan fingerprint density at radius 2 is 1.43 bits per heavy atom. The van der Waals surface area contributed by atoms with Crippen LogP contribution in [0.1, 0.15) is 5.56 Å². The van der Waals surface area contributed by atoms with E-state index in [0.29, 0.717) is 0 Å². The van der Waals surface area contributed by atoms with E-state index in [-0.39, 0.29) is 0 Å². The Kier molecular flexibility index (Phi) is 3.34. The summed E-state index contributed by atoms with van der Waals surface area (Å²) in [4.78, 5) is 0. The maximum absolute atomic E-state index is 5.56. The topological polar surface area (TPSA) is 27.7 Å². The molecule has 0 atom stereocenters. The van der Waals surface area contributed by atoms with Crippen molar-refractivity contribution < 1.29 is 14.2 Å². The molecule has 0 saturated heterocycles. The van der Waals surface area contributed by atoms with Crippen LogP contribution in [0.4, 0.5) is 0 Å². The van der Waals surface area contributed by atoms with Crippen molar-refractivity contribution >= 4 is 21.5 Å². The molecule has 0 amide bonds. The normalized spacial score (nSPS) is 10.9. The van der Waals surface area contributed by atoms with E-state index in [4.69, 9.17) is 14.2 Å². The van der Waals surface area contributed by atoms with Crippen molar-refractivity contribution in [2.24, 2.45) is 0 Å². The van der Waals surface area contributed by atoms with Gasteiger partial charge < -0.3 is 14.2 Å². The Balaban J connectivity index is 2.44. The van der Waals surface area contributed by atoms with Crippen LogP contribution in [0.25, 0.3) is 21.5 Å². The van der Waals surface area contributed by atoms with Gasteiger partial charge >= 0.3 is 0 Å². The molecule has 3 nitrogen and oxygen atoms in total. The van der Waals surface area contributed by atoms with Gasteiger partial charge in [-0.15, -0.1) is 0 Å². The van der Waals surface area contributed by atoms with Crippen LogP contribution in [0.3, 0.4) is 0 Å². The van der Waals surface area contributed by atoms with Crippen molar-refractivity contribution in [1.82, 2.24) is 0 Å². The zero-order valence-corrected chi connectivity index (χ0v) is 12.7. The van der Waals surface area contributed by atoms with Crippen LogP contribution in [-0.2, 0) is 0 Å². The fourth-order valence-electron chi connectivity index (χ4n) is 2.77. The average Bonchev–Trinajstić information content (AvgIpc) is 2.52. The summed E-state index contributed by atoms with van der Waals surface area (Å²) in [5, 5.41) is 4.49. The third-order valence-corrected chi connectivity index (χ3v) is 3.84. The number of rotatable bonds is 3. The first-order valence-corrected chi connectivity index (χ1v) is 6.81. The highest BCUT2D eigenvalue weighted by molar-refractivity contribution is 6.11. The number of aryl methyl sites for hydroxylation is 1. The van der Waals surface area contributed by atoms with Crippen molar-refractivity contribution in [3.63, 3.8) is 0 Å². The van der Waals surface area contributed by atoms with E-state index in [1.165, 1.54) is 0 Å². The summed E-state index contributed by atoms with van der Waals surface area (Å²) in [7, 11) is 5.04. The minimum Gasteiger partial charge on any atom is -0.497 e. The van der Waals surface area contributed by atoms with Crippen molar-refractivity contribution in [2.45, 2.75) is 6.92 Å². The second-order valence-corrected chi connectivity index (χ2v) is 5.04. The zero-order chi connectivity index (χ0) is 15.0. The third kappa shape index (κ3) is 2.15.